The van der Waals surface area contributed by atoms with Gasteiger partial charge in [0, 0.05) is 18.9 Å². The minimum atomic E-state index is -0.0150. The molecular formula is C12H15ClN2O. The highest BCUT2D eigenvalue weighted by Crippen LogP contribution is 2.07. The average molecular weight is 239 g/mol. The van der Waals surface area contributed by atoms with Crippen molar-refractivity contribution in [2.75, 3.05) is 0 Å². The summed E-state index contributed by atoms with van der Waals surface area (Å²) in [6.45, 7) is 2.81. The molecule has 4 heteroatoms. The van der Waals surface area contributed by atoms with Gasteiger partial charge in [-0.15, -0.1) is 12.4 Å². The van der Waals surface area contributed by atoms with E-state index in [1.807, 2.05) is 10.8 Å². The summed E-state index contributed by atoms with van der Waals surface area (Å²) in [6, 6.07) is 8.36. The van der Waals surface area contributed by atoms with Crippen molar-refractivity contribution in [3.8, 4) is 0 Å². The summed E-state index contributed by atoms with van der Waals surface area (Å²) in [5, 5.41) is 9.05. The second kappa shape index (κ2) is 5.68. The molecule has 1 N–H and O–H groups in total. The summed E-state index contributed by atoms with van der Waals surface area (Å²) in [5.41, 5.74) is 2.47. The quantitative estimate of drug-likeness (QED) is 0.890. The summed E-state index contributed by atoms with van der Waals surface area (Å²) in [4.78, 5) is 4.06. The lowest BCUT2D eigenvalue weighted by atomic mass is 10.1. The van der Waals surface area contributed by atoms with Gasteiger partial charge in [0.05, 0.1) is 0 Å². The monoisotopic (exact) mass is 238 g/mol. The van der Waals surface area contributed by atoms with E-state index >= 15 is 0 Å². The zero-order valence-electron chi connectivity index (χ0n) is 9.13. The summed E-state index contributed by atoms with van der Waals surface area (Å²) >= 11 is 0. The number of aromatic nitrogens is 2. The maximum Gasteiger partial charge on any atom is 0.134 e. The van der Waals surface area contributed by atoms with Crippen molar-refractivity contribution < 1.29 is 5.11 Å². The molecule has 0 saturated carbocycles. The van der Waals surface area contributed by atoms with E-state index in [1.54, 1.807) is 6.20 Å². The highest BCUT2D eigenvalue weighted by molar-refractivity contribution is 5.85. The molecule has 0 fully saturated rings. The zero-order valence-corrected chi connectivity index (χ0v) is 9.94. The SMILES string of the molecule is Cc1ccc(Cn2ccnc2CO)cc1.Cl. The molecule has 1 aromatic heterocycles. The molecule has 1 heterocycles. The molecule has 0 aliphatic carbocycles. The lowest BCUT2D eigenvalue weighted by Gasteiger charge is -2.06. The number of imidazole rings is 1. The summed E-state index contributed by atoms with van der Waals surface area (Å²) in [7, 11) is 0. The van der Waals surface area contributed by atoms with Gasteiger partial charge in [0.25, 0.3) is 0 Å². The Hall–Kier alpha value is -1.32. The first-order valence-corrected chi connectivity index (χ1v) is 4.96. The number of aliphatic hydroxyl groups is 1. The van der Waals surface area contributed by atoms with Crippen LogP contribution in [0.3, 0.4) is 0 Å². The molecule has 0 aliphatic rings. The molecule has 0 unspecified atom stereocenters. The van der Waals surface area contributed by atoms with Gasteiger partial charge < -0.3 is 9.67 Å². The molecule has 3 nitrogen and oxygen atoms in total. The predicted octanol–water partition coefficient (Wildman–Crippen LogP) is 2.15. The lowest BCUT2D eigenvalue weighted by Crippen LogP contribution is -2.03. The van der Waals surface area contributed by atoms with Crippen molar-refractivity contribution in [3.05, 3.63) is 53.6 Å². The molecule has 1 aromatic carbocycles. The number of benzene rings is 1. The first kappa shape index (κ1) is 12.7. The lowest BCUT2D eigenvalue weighted by molar-refractivity contribution is 0.266. The third-order valence-electron chi connectivity index (χ3n) is 2.42. The van der Waals surface area contributed by atoms with E-state index in [-0.39, 0.29) is 19.0 Å². The van der Waals surface area contributed by atoms with Crippen LogP contribution >= 0.6 is 12.4 Å². The number of nitrogens with zero attached hydrogens (tertiary/aromatic N) is 2. The molecular weight excluding hydrogens is 224 g/mol. The van der Waals surface area contributed by atoms with Gasteiger partial charge in [0.1, 0.15) is 12.4 Å². The Bertz CT molecular complexity index is 437. The Morgan fingerprint density at radius 3 is 2.56 bits per heavy atom. The number of aliphatic hydroxyl groups excluding tert-OH is 1. The molecule has 0 saturated heterocycles. The highest BCUT2D eigenvalue weighted by atomic mass is 35.5. The Morgan fingerprint density at radius 1 is 1.25 bits per heavy atom. The number of aryl methyl sites for hydroxylation is 1. The van der Waals surface area contributed by atoms with Crippen LogP contribution in [-0.2, 0) is 13.2 Å². The minimum Gasteiger partial charge on any atom is -0.388 e. The van der Waals surface area contributed by atoms with Crippen LogP contribution in [-0.4, -0.2) is 14.7 Å². The molecule has 16 heavy (non-hydrogen) atoms. The van der Waals surface area contributed by atoms with Gasteiger partial charge in [0.15, 0.2) is 0 Å². The molecule has 0 aliphatic heterocycles. The van der Waals surface area contributed by atoms with E-state index in [2.05, 4.69) is 36.2 Å². The van der Waals surface area contributed by atoms with Gasteiger partial charge in [0.2, 0.25) is 0 Å². The molecule has 0 spiro atoms. The number of rotatable bonds is 3. The predicted molar refractivity (Wildman–Crippen MR) is 65.7 cm³/mol. The third-order valence-corrected chi connectivity index (χ3v) is 2.42. The maximum atomic E-state index is 9.05. The molecule has 86 valence electrons. The number of halogens is 1. The van der Waals surface area contributed by atoms with Crippen LogP contribution in [0.1, 0.15) is 17.0 Å². The third kappa shape index (κ3) is 2.84. The first-order chi connectivity index (χ1) is 7.29. The van der Waals surface area contributed by atoms with Gasteiger partial charge in [-0.05, 0) is 12.5 Å². The van der Waals surface area contributed by atoms with Crippen LogP contribution in [0.15, 0.2) is 36.7 Å². The van der Waals surface area contributed by atoms with Gasteiger partial charge in [-0.25, -0.2) is 4.98 Å². The van der Waals surface area contributed by atoms with Gasteiger partial charge in [-0.3, -0.25) is 0 Å². The van der Waals surface area contributed by atoms with Crippen molar-refractivity contribution in [1.82, 2.24) is 9.55 Å². The fourth-order valence-electron chi connectivity index (χ4n) is 1.53. The second-order valence-corrected chi connectivity index (χ2v) is 3.62. The number of hydrogen-bond acceptors (Lipinski definition) is 2. The van der Waals surface area contributed by atoms with Crippen molar-refractivity contribution in [2.45, 2.75) is 20.1 Å². The van der Waals surface area contributed by atoms with Gasteiger partial charge in [-0.2, -0.15) is 0 Å². The molecule has 0 radical (unpaired) electrons. The van der Waals surface area contributed by atoms with E-state index in [1.165, 1.54) is 11.1 Å². The smallest absolute Gasteiger partial charge is 0.134 e. The first-order valence-electron chi connectivity index (χ1n) is 4.96. The fourth-order valence-corrected chi connectivity index (χ4v) is 1.53. The van der Waals surface area contributed by atoms with Crippen molar-refractivity contribution in [2.24, 2.45) is 0 Å². The van der Waals surface area contributed by atoms with Crippen LogP contribution in [0.4, 0.5) is 0 Å². The maximum absolute atomic E-state index is 9.05. The van der Waals surface area contributed by atoms with Gasteiger partial charge in [-0.1, -0.05) is 29.8 Å². The van der Waals surface area contributed by atoms with E-state index in [0.29, 0.717) is 5.82 Å². The Morgan fingerprint density at radius 2 is 1.94 bits per heavy atom. The van der Waals surface area contributed by atoms with E-state index in [0.717, 1.165) is 6.54 Å². The van der Waals surface area contributed by atoms with E-state index < -0.39 is 0 Å². The highest BCUT2D eigenvalue weighted by Gasteiger charge is 2.01. The summed E-state index contributed by atoms with van der Waals surface area (Å²) < 4.78 is 1.95. The molecule has 0 bridgehead atoms. The van der Waals surface area contributed by atoms with Crippen LogP contribution in [0.5, 0.6) is 0 Å². The largest absolute Gasteiger partial charge is 0.388 e. The average Bonchev–Trinajstić information content (AvgIpc) is 2.69. The second-order valence-electron chi connectivity index (χ2n) is 3.62. The van der Waals surface area contributed by atoms with Crippen LogP contribution < -0.4 is 0 Å². The molecule has 0 atom stereocenters. The standard InChI is InChI=1S/C12H14N2O.ClH/c1-10-2-4-11(5-3-10)8-14-7-6-13-12(14)9-15;/h2-7,15H,8-9H2,1H3;1H. The van der Waals surface area contributed by atoms with Crippen molar-refractivity contribution >= 4 is 12.4 Å². The van der Waals surface area contributed by atoms with Crippen LogP contribution in [0.25, 0.3) is 0 Å². The van der Waals surface area contributed by atoms with Gasteiger partial charge >= 0.3 is 0 Å². The summed E-state index contributed by atoms with van der Waals surface area (Å²) in [6.07, 6.45) is 3.59. The minimum absolute atomic E-state index is 0. The Labute approximate surface area is 101 Å². The topological polar surface area (TPSA) is 38.0 Å². The molecule has 2 aromatic rings. The van der Waals surface area contributed by atoms with Crippen molar-refractivity contribution in [1.29, 1.82) is 0 Å². The van der Waals surface area contributed by atoms with Crippen molar-refractivity contribution in [3.63, 3.8) is 0 Å². The Kier molecular flexibility index (Phi) is 4.52. The van der Waals surface area contributed by atoms with E-state index in [9.17, 15) is 0 Å². The van der Waals surface area contributed by atoms with Crippen LogP contribution in [0, 0.1) is 6.92 Å². The normalized spacial score (nSPS) is 9.88. The zero-order chi connectivity index (χ0) is 10.7. The van der Waals surface area contributed by atoms with Crippen LogP contribution in [0.2, 0.25) is 0 Å². The molecule has 0 amide bonds. The van der Waals surface area contributed by atoms with E-state index in [4.69, 9.17) is 5.11 Å². The summed E-state index contributed by atoms with van der Waals surface area (Å²) in [5.74, 6) is 0.704. The molecule has 2 rings (SSSR count). The fraction of sp³-hybridized carbons (Fsp3) is 0.250. The number of hydrogen-bond donors (Lipinski definition) is 1. The Balaban J connectivity index is 0.00000128.